The highest BCUT2D eigenvalue weighted by Gasteiger charge is 2.31. The summed E-state index contributed by atoms with van der Waals surface area (Å²) in [6.45, 7) is 3.51. The van der Waals surface area contributed by atoms with Crippen molar-refractivity contribution in [2.24, 2.45) is 11.8 Å². The summed E-state index contributed by atoms with van der Waals surface area (Å²) in [4.78, 5) is 30.8. The number of piperidine rings is 1. The van der Waals surface area contributed by atoms with Crippen LogP contribution in [0.25, 0.3) is 10.9 Å². The molecule has 2 N–H and O–H groups in total. The van der Waals surface area contributed by atoms with E-state index in [0.717, 1.165) is 49.7 Å². The van der Waals surface area contributed by atoms with E-state index in [1.165, 1.54) is 25.7 Å². The van der Waals surface area contributed by atoms with Crippen LogP contribution in [0.3, 0.4) is 0 Å². The number of H-pyrrole nitrogens is 1. The molecule has 156 valence electrons. The minimum absolute atomic E-state index is 0.0172. The molecule has 2 fully saturated rings. The maximum absolute atomic E-state index is 12.9. The minimum Gasteiger partial charge on any atom is -0.353 e. The van der Waals surface area contributed by atoms with Gasteiger partial charge in [-0.3, -0.25) is 9.59 Å². The lowest BCUT2D eigenvalue weighted by Crippen LogP contribution is -2.44. The quantitative estimate of drug-likeness (QED) is 0.749. The summed E-state index contributed by atoms with van der Waals surface area (Å²) in [5.74, 6) is 0.642. The van der Waals surface area contributed by atoms with Crippen molar-refractivity contribution < 1.29 is 9.59 Å². The zero-order valence-corrected chi connectivity index (χ0v) is 17.5. The molecule has 5 heteroatoms. The fourth-order valence-corrected chi connectivity index (χ4v) is 4.93. The highest BCUT2D eigenvalue weighted by atomic mass is 16.2. The number of aromatic nitrogens is 1. The normalized spacial score (nSPS) is 20.4. The lowest BCUT2D eigenvalue weighted by molar-refractivity contribution is -0.127. The first-order valence-electron chi connectivity index (χ1n) is 11.3. The molecule has 2 amide bonds. The summed E-state index contributed by atoms with van der Waals surface area (Å²) in [6, 6.07) is 10.3. The third-order valence-corrected chi connectivity index (χ3v) is 6.91. The van der Waals surface area contributed by atoms with Gasteiger partial charge in [0.05, 0.1) is 0 Å². The van der Waals surface area contributed by atoms with Crippen LogP contribution in [0.15, 0.2) is 30.3 Å². The molecule has 1 saturated carbocycles. The van der Waals surface area contributed by atoms with E-state index < -0.39 is 0 Å². The smallest absolute Gasteiger partial charge is 0.270 e. The molecule has 0 radical (unpaired) electrons. The average Bonchev–Trinajstić information content (AvgIpc) is 3.03. The van der Waals surface area contributed by atoms with Crippen molar-refractivity contribution in [3.63, 3.8) is 0 Å². The van der Waals surface area contributed by atoms with E-state index in [-0.39, 0.29) is 17.7 Å². The molecule has 0 unspecified atom stereocenters. The van der Waals surface area contributed by atoms with E-state index in [2.05, 4.69) is 17.2 Å². The van der Waals surface area contributed by atoms with E-state index in [9.17, 15) is 9.59 Å². The zero-order valence-electron chi connectivity index (χ0n) is 17.5. The van der Waals surface area contributed by atoms with Crippen molar-refractivity contribution in [2.45, 2.75) is 64.3 Å². The molecule has 1 aliphatic heterocycles. The van der Waals surface area contributed by atoms with Gasteiger partial charge < -0.3 is 15.2 Å². The Bertz CT molecular complexity index is 810. The van der Waals surface area contributed by atoms with Crippen molar-refractivity contribution in [3.05, 3.63) is 36.0 Å². The van der Waals surface area contributed by atoms with Gasteiger partial charge in [0, 0.05) is 36.0 Å². The number of carbonyl (C=O) groups excluding carboxylic acids is 2. The maximum Gasteiger partial charge on any atom is 0.270 e. The highest BCUT2D eigenvalue weighted by Crippen LogP contribution is 2.27. The molecule has 1 saturated heterocycles. The zero-order chi connectivity index (χ0) is 20.2. The molecule has 1 aliphatic carbocycles. The second-order valence-electron chi connectivity index (χ2n) is 8.89. The van der Waals surface area contributed by atoms with Crippen LogP contribution in [-0.4, -0.2) is 40.8 Å². The first-order chi connectivity index (χ1) is 14.1. The van der Waals surface area contributed by atoms with Crippen LogP contribution >= 0.6 is 0 Å². The fourth-order valence-electron chi connectivity index (χ4n) is 4.93. The van der Waals surface area contributed by atoms with Crippen molar-refractivity contribution in [1.29, 1.82) is 0 Å². The van der Waals surface area contributed by atoms with Crippen molar-refractivity contribution >= 4 is 22.7 Å². The van der Waals surface area contributed by atoms with Crippen LogP contribution < -0.4 is 5.32 Å². The van der Waals surface area contributed by atoms with E-state index in [0.29, 0.717) is 17.7 Å². The minimum atomic E-state index is 0.0172. The second-order valence-corrected chi connectivity index (χ2v) is 8.89. The van der Waals surface area contributed by atoms with Gasteiger partial charge in [-0.25, -0.2) is 0 Å². The number of nitrogens with one attached hydrogen (secondary N) is 2. The lowest BCUT2D eigenvalue weighted by Gasteiger charge is -2.34. The van der Waals surface area contributed by atoms with E-state index >= 15 is 0 Å². The molecule has 1 aromatic carbocycles. The van der Waals surface area contributed by atoms with Crippen molar-refractivity contribution in [1.82, 2.24) is 15.2 Å². The Balaban J connectivity index is 1.30. The topological polar surface area (TPSA) is 65.2 Å². The Morgan fingerprint density at radius 2 is 1.72 bits per heavy atom. The van der Waals surface area contributed by atoms with E-state index in [1.807, 2.05) is 35.2 Å². The first kappa shape index (κ1) is 20.0. The number of carbonyl (C=O) groups is 2. The fraction of sp³-hybridized carbons (Fsp3) is 0.583. The Kier molecular flexibility index (Phi) is 6.22. The van der Waals surface area contributed by atoms with Gasteiger partial charge in [0.2, 0.25) is 5.91 Å². The van der Waals surface area contributed by atoms with Gasteiger partial charge in [-0.15, -0.1) is 0 Å². The van der Waals surface area contributed by atoms with Gasteiger partial charge in [-0.1, -0.05) is 50.8 Å². The maximum atomic E-state index is 12.9. The number of fused-ring (bicyclic) bond motifs is 1. The average molecular weight is 396 g/mol. The summed E-state index contributed by atoms with van der Waals surface area (Å²) in [6.07, 6.45) is 9.08. The predicted octanol–water partition coefficient (Wildman–Crippen LogP) is 4.50. The van der Waals surface area contributed by atoms with Gasteiger partial charge in [0.15, 0.2) is 0 Å². The third kappa shape index (κ3) is 4.65. The molecule has 5 nitrogen and oxygen atoms in total. The molecule has 2 heterocycles. The third-order valence-electron chi connectivity index (χ3n) is 6.91. The summed E-state index contributed by atoms with van der Waals surface area (Å²) >= 11 is 0. The lowest BCUT2D eigenvalue weighted by atomic mass is 9.84. The summed E-state index contributed by atoms with van der Waals surface area (Å²) in [7, 11) is 0. The molecular weight excluding hydrogens is 362 g/mol. The Labute approximate surface area is 173 Å². The summed E-state index contributed by atoms with van der Waals surface area (Å²) in [5, 5.41) is 4.37. The predicted molar refractivity (Wildman–Crippen MR) is 116 cm³/mol. The van der Waals surface area contributed by atoms with Crippen molar-refractivity contribution in [3.8, 4) is 0 Å². The van der Waals surface area contributed by atoms with Crippen LogP contribution in [0.1, 0.15) is 68.8 Å². The first-order valence-corrected chi connectivity index (χ1v) is 11.3. The van der Waals surface area contributed by atoms with Crippen LogP contribution in [0.5, 0.6) is 0 Å². The molecule has 0 bridgehead atoms. The molecule has 2 aliphatic rings. The largest absolute Gasteiger partial charge is 0.353 e. The number of hydrogen-bond acceptors (Lipinski definition) is 2. The van der Waals surface area contributed by atoms with Crippen molar-refractivity contribution in [2.75, 3.05) is 13.1 Å². The Morgan fingerprint density at radius 3 is 2.41 bits per heavy atom. The molecule has 4 rings (SSSR count). The number of nitrogens with zero attached hydrogens (tertiary/aromatic N) is 1. The SMILES string of the molecule is C[C@H](C(=O)NC1CCCCCC1)C1CCN(C(=O)c2cc3ccccc3[nH]2)CC1. The molecule has 0 spiro atoms. The molecule has 1 aromatic heterocycles. The number of likely N-dealkylation sites (tertiary alicyclic amines) is 1. The molecule has 1 atom stereocenters. The number of rotatable bonds is 4. The van der Waals surface area contributed by atoms with E-state index in [1.54, 1.807) is 0 Å². The van der Waals surface area contributed by atoms with Gasteiger partial charge in [-0.05, 0) is 43.7 Å². The number of hydrogen-bond donors (Lipinski definition) is 2. The molecular formula is C24H33N3O2. The number of amides is 2. The van der Waals surface area contributed by atoms with Gasteiger partial charge in [0.25, 0.3) is 5.91 Å². The standard InChI is InChI=1S/C24H33N3O2/c1-17(23(28)25-20-9-4-2-3-5-10-20)18-12-14-27(15-13-18)24(29)22-16-19-8-6-7-11-21(19)26-22/h6-8,11,16-18,20,26H,2-5,9-10,12-15H2,1H3,(H,25,28)/t17-/m0/s1. The van der Waals surface area contributed by atoms with Crippen LogP contribution in [0.4, 0.5) is 0 Å². The van der Waals surface area contributed by atoms with Crippen LogP contribution in [0, 0.1) is 11.8 Å². The van der Waals surface area contributed by atoms with Gasteiger partial charge >= 0.3 is 0 Å². The summed E-state index contributed by atoms with van der Waals surface area (Å²) < 4.78 is 0. The Morgan fingerprint density at radius 1 is 1.03 bits per heavy atom. The van der Waals surface area contributed by atoms with Crippen LogP contribution in [0.2, 0.25) is 0 Å². The van der Waals surface area contributed by atoms with Gasteiger partial charge in [0.1, 0.15) is 5.69 Å². The Hall–Kier alpha value is -2.30. The number of aromatic amines is 1. The summed E-state index contributed by atoms with van der Waals surface area (Å²) in [5.41, 5.74) is 1.65. The number of benzene rings is 1. The highest BCUT2D eigenvalue weighted by molar-refractivity contribution is 5.98. The monoisotopic (exact) mass is 395 g/mol. The number of para-hydroxylation sites is 1. The molecule has 2 aromatic rings. The van der Waals surface area contributed by atoms with Crippen LogP contribution in [-0.2, 0) is 4.79 Å². The molecule has 29 heavy (non-hydrogen) atoms. The van der Waals surface area contributed by atoms with Gasteiger partial charge in [-0.2, -0.15) is 0 Å². The second kappa shape index (κ2) is 9.02. The van der Waals surface area contributed by atoms with E-state index in [4.69, 9.17) is 0 Å².